The molecule has 2 amide bonds. The van der Waals surface area contributed by atoms with Gasteiger partial charge in [0.2, 0.25) is 11.8 Å². The van der Waals surface area contributed by atoms with Crippen LogP contribution in [0.2, 0.25) is 0 Å². The first-order chi connectivity index (χ1) is 12.5. The van der Waals surface area contributed by atoms with Crippen molar-refractivity contribution < 1.29 is 19.1 Å². The number of aryl methyl sites for hydroxylation is 1. The number of rotatable bonds is 8. The zero-order chi connectivity index (χ0) is 18.9. The summed E-state index contributed by atoms with van der Waals surface area (Å²) in [6.45, 7) is 3.87. The van der Waals surface area contributed by atoms with Gasteiger partial charge in [-0.2, -0.15) is 0 Å². The fourth-order valence-electron chi connectivity index (χ4n) is 2.43. The molecule has 0 fully saturated rings. The van der Waals surface area contributed by atoms with E-state index < -0.39 is 0 Å². The molecule has 6 nitrogen and oxygen atoms in total. The van der Waals surface area contributed by atoms with Crippen molar-refractivity contribution in [2.24, 2.45) is 0 Å². The first-order valence-corrected chi connectivity index (χ1v) is 8.43. The van der Waals surface area contributed by atoms with Crippen molar-refractivity contribution in [3.05, 3.63) is 48.0 Å². The van der Waals surface area contributed by atoms with Crippen molar-refractivity contribution in [2.75, 3.05) is 24.4 Å². The first-order valence-electron chi connectivity index (χ1n) is 8.43. The lowest BCUT2D eigenvalue weighted by molar-refractivity contribution is -0.116. The second-order valence-electron chi connectivity index (χ2n) is 5.86. The number of methoxy groups -OCH3 is 1. The van der Waals surface area contributed by atoms with Crippen LogP contribution < -0.4 is 20.1 Å². The van der Waals surface area contributed by atoms with E-state index >= 15 is 0 Å². The van der Waals surface area contributed by atoms with Gasteiger partial charge in [-0.1, -0.05) is 18.2 Å². The number of hydrogen-bond acceptors (Lipinski definition) is 4. The van der Waals surface area contributed by atoms with Gasteiger partial charge >= 0.3 is 0 Å². The summed E-state index contributed by atoms with van der Waals surface area (Å²) in [6, 6.07) is 12.8. The number of carbonyl (C=O) groups excluding carboxylic acids is 2. The maximum Gasteiger partial charge on any atom is 0.224 e. The number of nitrogens with one attached hydrogen (secondary N) is 2. The van der Waals surface area contributed by atoms with Crippen LogP contribution in [-0.2, 0) is 9.59 Å². The van der Waals surface area contributed by atoms with Crippen molar-refractivity contribution in [1.82, 2.24) is 0 Å². The van der Waals surface area contributed by atoms with E-state index in [1.807, 2.05) is 31.2 Å². The Morgan fingerprint density at radius 1 is 1.04 bits per heavy atom. The Balaban J connectivity index is 1.86. The summed E-state index contributed by atoms with van der Waals surface area (Å²) in [7, 11) is 1.53. The van der Waals surface area contributed by atoms with E-state index in [0.717, 1.165) is 11.3 Å². The summed E-state index contributed by atoms with van der Waals surface area (Å²) in [5.74, 6) is 1.04. The molecule has 2 aromatic rings. The van der Waals surface area contributed by atoms with Crippen LogP contribution in [-0.4, -0.2) is 25.5 Å². The Labute approximate surface area is 153 Å². The van der Waals surface area contributed by atoms with Gasteiger partial charge < -0.3 is 20.1 Å². The van der Waals surface area contributed by atoms with Crippen molar-refractivity contribution in [3.63, 3.8) is 0 Å². The average Bonchev–Trinajstić information content (AvgIpc) is 2.60. The highest BCUT2D eigenvalue weighted by Gasteiger charge is 2.09. The molecular formula is C20H24N2O4. The predicted octanol–water partition coefficient (Wildman–Crippen LogP) is 3.76. The van der Waals surface area contributed by atoms with Crippen LogP contribution >= 0.6 is 0 Å². The molecule has 0 saturated heterocycles. The molecule has 0 saturated carbocycles. The predicted molar refractivity (Wildman–Crippen MR) is 102 cm³/mol. The molecule has 26 heavy (non-hydrogen) atoms. The largest absolute Gasteiger partial charge is 0.495 e. The van der Waals surface area contributed by atoms with E-state index in [-0.39, 0.29) is 11.8 Å². The number of para-hydroxylation sites is 1. The third kappa shape index (κ3) is 5.81. The molecule has 6 heteroatoms. The highest BCUT2D eigenvalue weighted by atomic mass is 16.5. The topological polar surface area (TPSA) is 76.7 Å². The Kier molecular flexibility index (Phi) is 7.02. The molecular weight excluding hydrogens is 332 g/mol. The normalized spacial score (nSPS) is 10.1. The summed E-state index contributed by atoms with van der Waals surface area (Å²) in [5, 5.41) is 5.49. The van der Waals surface area contributed by atoms with Gasteiger partial charge in [0, 0.05) is 19.0 Å². The molecule has 138 valence electrons. The monoisotopic (exact) mass is 356 g/mol. The summed E-state index contributed by atoms with van der Waals surface area (Å²) < 4.78 is 10.9. The zero-order valence-corrected chi connectivity index (χ0v) is 15.3. The van der Waals surface area contributed by atoms with Crippen LogP contribution in [0, 0.1) is 6.92 Å². The summed E-state index contributed by atoms with van der Waals surface area (Å²) in [6.07, 6.45) is 0.910. The molecule has 2 rings (SSSR count). The molecule has 0 spiro atoms. The number of ether oxygens (including phenoxy) is 2. The Bertz CT molecular complexity index is 774. The van der Waals surface area contributed by atoms with Crippen LogP contribution in [0.5, 0.6) is 11.5 Å². The van der Waals surface area contributed by atoms with E-state index in [4.69, 9.17) is 9.47 Å². The molecule has 2 N–H and O–H groups in total. The molecule has 0 unspecified atom stereocenters. The minimum atomic E-state index is -0.180. The number of benzene rings is 2. The molecule has 0 radical (unpaired) electrons. The maximum absolute atomic E-state index is 12.2. The summed E-state index contributed by atoms with van der Waals surface area (Å²) >= 11 is 0. The van der Waals surface area contributed by atoms with Gasteiger partial charge in [-0.3, -0.25) is 9.59 Å². The zero-order valence-electron chi connectivity index (χ0n) is 15.3. The van der Waals surface area contributed by atoms with E-state index in [0.29, 0.717) is 36.6 Å². The van der Waals surface area contributed by atoms with Crippen LogP contribution in [0.15, 0.2) is 42.5 Å². The second kappa shape index (κ2) is 9.46. The summed E-state index contributed by atoms with van der Waals surface area (Å²) in [5.41, 5.74) is 2.18. The smallest absolute Gasteiger partial charge is 0.224 e. The number of hydrogen-bond donors (Lipinski definition) is 2. The van der Waals surface area contributed by atoms with Gasteiger partial charge in [-0.05, 0) is 43.2 Å². The number of amides is 2. The lowest BCUT2D eigenvalue weighted by atomic mass is 10.2. The highest BCUT2D eigenvalue weighted by molar-refractivity contribution is 5.94. The minimum Gasteiger partial charge on any atom is -0.495 e. The van der Waals surface area contributed by atoms with Crippen molar-refractivity contribution >= 4 is 23.2 Å². The fourth-order valence-corrected chi connectivity index (χ4v) is 2.43. The van der Waals surface area contributed by atoms with E-state index in [1.165, 1.54) is 14.0 Å². The van der Waals surface area contributed by atoms with E-state index in [1.54, 1.807) is 18.2 Å². The first kappa shape index (κ1) is 19.3. The third-order valence-corrected chi connectivity index (χ3v) is 3.69. The second-order valence-corrected chi connectivity index (χ2v) is 5.86. The van der Waals surface area contributed by atoms with E-state index in [2.05, 4.69) is 10.6 Å². The maximum atomic E-state index is 12.2. The van der Waals surface area contributed by atoms with Crippen LogP contribution in [0.4, 0.5) is 11.4 Å². The molecule has 0 aliphatic heterocycles. The lowest BCUT2D eigenvalue weighted by Crippen LogP contribution is -2.14. The van der Waals surface area contributed by atoms with Crippen molar-refractivity contribution in [2.45, 2.75) is 26.7 Å². The molecule has 0 aliphatic rings. The summed E-state index contributed by atoms with van der Waals surface area (Å²) in [4.78, 5) is 23.4. The van der Waals surface area contributed by atoms with E-state index in [9.17, 15) is 9.59 Å². The quantitative estimate of drug-likeness (QED) is 0.706. The molecule has 0 aliphatic carbocycles. The third-order valence-electron chi connectivity index (χ3n) is 3.69. The fraction of sp³-hybridized carbons (Fsp3) is 0.300. The SMILES string of the molecule is COc1ccc(NC(C)=O)cc1NC(=O)CCCOc1ccccc1C. The standard InChI is InChI=1S/C20H24N2O4/c1-14-7-4-5-8-18(14)26-12-6-9-20(24)22-17-13-16(21-15(2)23)10-11-19(17)25-3/h4-5,7-8,10-11,13H,6,9,12H2,1-3H3,(H,21,23)(H,22,24). The molecule has 2 aromatic carbocycles. The van der Waals surface area contributed by atoms with Crippen LogP contribution in [0.3, 0.4) is 0 Å². The van der Waals surface area contributed by atoms with Gasteiger partial charge in [-0.25, -0.2) is 0 Å². The average molecular weight is 356 g/mol. The molecule has 0 bridgehead atoms. The van der Waals surface area contributed by atoms with Crippen molar-refractivity contribution in [3.8, 4) is 11.5 Å². The van der Waals surface area contributed by atoms with Gasteiger partial charge in [0.1, 0.15) is 11.5 Å². The molecule has 0 atom stereocenters. The van der Waals surface area contributed by atoms with Gasteiger partial charge in [0.25, 0.3) is 0 Å². The number of carbonyl (C=O) groups is 2. The van der Waals surface area contributed by atoms with Gasteiger partial charge in [-0.15, -0.1) is 0 Å². The molecule has 0 heterocycles. The van der Waals surface area contributed by atoms with Gasteiger partial charge in [0.15, 0.2) is 0 Å². The minimum absolute atomic E-state index is 0.142. The van der Waals surface area contributed by atoms with Crippen LogP contribution in [0.1, 0.15) is 25.3 Å². The number of anilines is 2. The molecule has 0 aromatic heterocycles. The Hall–Kier alpha value is -3.02. The Morgan fingerprint density at radius 2 is 1.81 bits per heavy atom. The van der Waals surface area contributed by atoms with Crippen molar-refractivity contribution in [1.29, 1.82) is 0 Å². The van der Waals surface area contributed by atoms with Crippen LogP contribution in [0.25, 0.3) is 0 Å². The van der Waals surface area contributed by atoms with Gasteiger partial charge in [0.05, 0.1) is 19.4 Å². The lowest BCUT2D eigenvalue weighted by Gasteiger charge is -2.13. The highest BCUT2D eigenvalue weighted by Crippen LogP contribution is 2.28. The Morgan fingerprint density at radius 3 is 2.50 bits per heavy atom.